The monoisotopic (exact) mass is 347 g/mol. The lowest BCUT2D eigenvalue weighted by Gasteiger charge is -2.25. The molecule has 0 saturated carbocycles. The van der Waals surface area contributed by atoms with Crippen LogP contribution in [0.4, 0.5) is 5.69 Å². The Bertz CT molecular complexity index is 675. The Hall–Kier alpha value is -1.82. The molecule has 6 heteroatoms. The van der Waals surface area contributed by atoms with Crippen LogP contribution in [0.3, 0.4) is 0 Å². The molecule has 1 saturated heterocycles. The quantitative estimate of drug-likeness (QED) is 0.838. The second-order valence-corrected chi connectivity index (χ2v) is 6.00. The lowest BCUT2D eigenvalue weighted by atomic mass is 10.1. The first-order chi connectivity index (χ1) is 11.8. The molecule has 128 valence electrons. The van der Waals surface area contributed by atoms with Crippen LogP contribution in [0.1, 0.15) is 24.2 Å². The maximum Gasteiger partial charge on any atom is 0.213 e. The van der Waals surface area contributed by atoms with E-state index in [4.69, 9.17) is 21.1 Å². The van der Waals surface area contributed by atoms with Gasteiger partial charge in [-0.25, -0.2) is 4.98 Å². The molecule has 2 heterocycles. The molecular weight excluding hydrogens is 326 g/mol. The second-order valence-electron chi connectivity index (χ2n) is 5.59. The zero-order chi connectivity index (χ0) is 16.8. The summed E-state index contributed by atoms with van der Waals surface area (Å²) in [6, 6.07) is 9.91. The molecule has 0 bridgehead atoms. The first-order valence-corrected chi connectivity index (χ1v) is 8.57. The Kier molecular flexibility index (Phi) is 5.91. The number of halogens is 1. The van der Waals surface area contributed by atoms with Crippen molar-refractivity contribution in [3.05, 3.63) is 52.7 Å². The standard InChI is InChI=1S/C18H22ClN3O2/c1-2-23-18-9-13(5-6-21-18)11-22-14-3-4-15(16(19)10-14)17-12-20-7-8-24-17/h3-6,9-10,17,20,22H,2,7-8,11-12H2,1H3. The van der Waals surface area contributed by atoms with Gasteiger partial charge in [-0.2, -0.15) is 0 Å². The fraction of sp³-hybridized carbons (Fsp3) is 0.389. The van der Waals surface area contributed by atoms with E-state index in [1.54, 1.807) is 6.20 Å². The molecule has 1 aromatic heterocycles. The highest BCUT2D eigenvalue weighted by Gasteiger charge is 2.18. The highest BCUT2D eigenvalue weighted by Crippen LogP contribution is 2.29. The predicted molar refractivity (Wildman–Crippen MR) is 95.7 cm³/mol. The smallest absolute Gasteiger partial charge is 0.213 e. The van der Waals surface area contributed by atoms with Crippen LogP contribution in [0.5, 0.6) is 5.88 Å². The minimum Gasteiger partial charge on any atom is -0.478 e. The third kappa shape index (κ3) is 4.38. The third-order valence-electron chi connectivity index (χ3n) is 3.86. The van der Waals surface area contributed by atoms with Crippen molar-refractivity contribution in [1.82, 2.24) is 10.3 Å². The summed E-state index contributed by atoms with van der Waals surface area (Å²) in [6.45, 7) is 5.64. The minimum atomic E-state index is 0.0225. The molecule has 1 aliphatic heterocycles. The normalized spacial score (nSPS) is 17.5. The number of pyridine rings is 1. The molecule has 1 unspecified atom stereocenters. The molecule has 3 rings (SSSR count). The van der Waals surface area contributed by atoms with Crippen molar-refractivity contribution in [1.29, 1.82) is 0 Å². The van der Waals surface area contributed by atoms with Gasteiger partial charge in [-0.1, -0.05) is 17.7 Å². The number of nitrogens with zero attached hydrogens (tertiary/aromatic N) is 1. The zero-order valence-corrected chi connectivity index (χ0v) is 14.5. The molecule has 1 aromatic carbocycles. The van der Waals surface area contributed by atoms with Gasteiger partial charge in [-0.15, -0.1) is 0 Å². The summed E-state index contributed by atoms with van der Waals surface area (Å²) in [6.07, 6.45) is 1.78. The van der Waals surface area contributed by atoms with Gasteiger partial charge in [0.05, 0.1) is 19.3 Å². The van der Waals surface area contributed by atoms with Crippen molar-refractivity contribution in [3.63, 3.8) is 0 Å². The molecule has 0 radical (unpaired) electrons. The van der Waals surface area contributed by atoms with Crippen molar-refractivity contribution >= 4 is 17.3 Å². The molecule has 0 amide bonds. The Labute approximate surface area is 147 Å². The number of ether oxygens (including phenoxy) is 2. The van der Waals surface area contributed by atoms with Crippen molar-refractivity contribution in [2.45, 2.75) is 19.6 Å². The van der Waals surface area contributed by atoms with E-state index in [1.807, 2.05) is 37.3 Å². The molecule has 0 aliphatic carbocycles. The summed E-state index contributed by atoms with van der Waals surface area (Å²) >= 11 is 6.43. The molecular formula is C18H22ClN3O2. The van der Waals surface area contributed by atoms with E-state index in [9.17, 15) is 0 Å². The zero-order valence-electron chi connectivity index (χ0n) is 13.7. The first-order valence-electron chi connectivity index (χ1n) is 8.19. The number of benzene rings is 1. The van der Waals surface area contributed by atoms with Gasteiger partial charge in [-0.3, -0.25) is 0 Å². The topological polar surface area (TPSA) is 55.4 Å². The van der Waals surface area contributed by atoms with E-state index in [1.165, 1.54) is 0 Å². The van der Waals surface area contributed by atoms with Crippen LogP contribution in [-0.2, 0) is 11.3 Å². The molecule has 24 heavy (non-hydrogen) atoms. The third-order valence-corrected chi connectivity index (χ3v) is 4.19. The van der Waals surface area contributed by atoms with Crippen LogP contribution in [0.15, 0.2) is 36.5 Å². The summed E-state index contributed by atoms with van der Waals surface area (Å²) < 4.78 is 11.2. The van der Waals surface area contributed by atoms with E-state index < -0.39 is 0 Å². The highest BCUT2D eigenvalue weighted by atomic mass is 35.5. The van der Waals surface area contributed by atoms with E-state index in [0.717, 1.165) is 34.9 Å². The van der Waals surface area contributed by atoms with Gasteiger partial charge in [0.2, 0.25) is 5.88 Å². The van der Waals surface area contributed by atoms with Gasteiger partial charge in [-0.05, 0) is 30.7 Å². The predicted octanol–water partition coefficient (Wildman–Crippen LogP) is 3.41. The largest absolute Gasteiger partial charge is 0.478 e. The fourth-order valence-corrected chi connectivity index (χ4v) is 2.96. The van der Waals surface area contributed by atoms with Crippen LogP contribution in [-0.4, -0.2) is 31.3 Å². The lowest BCUT2D eigenvalue weighted by molar-refractivity contribution is 0.0278. The van der Waals surface area contributed by atoms with Gasteiger partial charge in [0, 0.05) is 48.2 Å². The van der Waals surface area contributed by atoms with Gasteiger partial charge in [0.15, 0.2) is 0 Å². The summed E-state index contributed by atoms with van der Waals surface area (Å²) in [5, 5.41) is 7.42. The molecule has 2 aromatic rings. The van der Waals surface area contributed by atoms with Gasteiger partial charge in [0.1, 0.15) is 0 Å². The van der Waals surface area contributed by atoms with Crippen LogP contribution >= 0.6 is 11.6 Å². The highest BCUT2D eigenvalue weighted by molar-refractivity contribution is 6.31. The van der Waals surface area contributed by atoms with Crippen LogP contribution in [0.25, 0.3) is 0 Å². The van der Waals surface area contributed by atoms with Crippen molar-refractivity contribution < 1.29 is 9.47 Å². The Morgan fingerprint density at radius 3 is 3.04 bits per heavy atom. The molecule has 0 spiro atoms. The summed E-state index contributed by atoms with van der Waals surface area (Å²) in [5.41, 5.74) is 3.10. The lowest BCUT2D eigenvalue weighted by Crippen LogP contribution is -2.33. The second kappa shape index (κ2) is 8.33. The number of hydrogen-bond acceptors (Lipinski definition) is 5. The molecule has 1 atom stereocenters. The maximum atomic E-state index is 6.43. The summed E-state index contributed by atoms with van der Waals surface area (Å²) in [4.78, 5) is 4.17. The van der Waals surface area contributed by atoms with Gasteiger partial charge < -0.3 is 20.1 Å². The van der Waals surface area contributed by atoms with Crippen LogP contribution < -0.4 is 15.4 Å². The fourth-order valence-electron chi connectivity index (χ4n) is 2.65. The van der Waals surface area contributed by atoms with Crippen molar-refractivity contribution in [2.24, 2.45) is 0 Å². The average molecular weight is 348 g/mol. The number of rotatable bonds is 6. The Morgan fingerprint density at radius 2 is 2.29 bits per heavy atom. The molecule has 1 fully saturated rings. The molecule has 5 nitrogen and oxygen atoms in total. The van der Waals surface area contributed by atoms with E-state index >= 15 is 0 Å². The molecule has 1 aliphatic rings. The van der Waals surface area contributed by atoms with Crippen molar-refractivity contribution in [2.75, 3.05) is 31.6 Å². The van der Waals surface area contributed by atoms with Crippen LogP contribution in [0.2, 0.25) is 5.02 Å². The SMILES string of the molecule is CCOc1cc(CNc2ccc(C3CNCCO3)c(Cl)c2)ccn1. The Morgan fingerprint density at radius 1 is 1.38 bits per heavy atom. The van der Waals surface area contributed by atoms with Crippen molar-refractivity contribution in [3.8, 4) is 5.88 Å². The van der Waals surface area contributed by atoms with E-state index in [0.29, 0.717) is 25.6 Å². The maximum absolute atomic E-state index is 6.43. The number of morpholine rings is 1. The number of aromatic nitrogens is 1. The molecule has 2 N–H and O–H groups in total. The number of hydrogen-bond donors (Lipinski definition) is 2. The van der Waals surface area contributed by atoms with Gasteiger partial charge >= 0.3 is 0 Å². The first kappa shape index (κ1) is 17.0. The van der Waals surface area contributed by atoms with Gasteiger partial charge in [0.25, 0.3) is 0 Å². The summed E-state index contributed by atoms with van der Waals surface area (Å²) in [7, 11) is 0. The van der Waals surface area contributed by atoms with E-state index in [2.05, 4.69) is 15.6 Å². The number of anilines is 1. The van der Waals surface area contributed by atoms with E-state index in [-0.39, 0.29) is 6.10 Å². The average Bonchev–Trinajstić information content (AvgIpc) is 2.61. The number of nitrogens with one attached hydrogen (secondary N) is 2. The minimum absolute atomic E-state index is 0.0225. The Balaban J connectivity index is 1.63. The van der Waals surface area contributed by atoms with Crippen LogP contribution in [0, 0.1) is 0 Å². The summed E-state index contributed by atoms with van der Waals surface area (Å²) in [5.74, 6) is 0.645.